The Morgan fingerprint density at radius 1 is 1.17 bits per heavy atom. The van der Waals surface area contributed by atoms with E-state index in [0.29, 0.717) is 21.3 Å². The topological polar surface area (TPSA) is 46.9 Å². The van der Waals surface area contributed by atoms with Crippen LogP contribution in [0.5, 0.6) is 0 Å². The van der Waals surface area contributed by atoms with Gasteiger partial charge in [-0.05, 0) is 43.4 Å². The van der Waals surface area contributed by atoms with Gasteiger partial charge in [0, 0.05) is 41.6 Å². The molecule has 158 valence electrons. The summed E-state index contributed by atoms with van der Waals surface area (Å²) < 4.78 is 2.29. The van der Waals surface area contributed by atoms with Crippen molar-refractivity contribution in [3.63, 3.8) is 0 Å². The van der Waals surface area contributed by atoms with E-state index in [2.05, 4.69) is 28.0 Å². The molecule has 4 rings (SSSR count). The molecule has 6 heteroatoms. The van der Waals surface area contributed by atoms with Crippen molar-refractivity contribution < 1.29 is 4.79 Å². The lowest BCUT2D eigenvalue weighted by Gasteiger charge is -2.21. The molecule has 2 aromatic heterocycles. The molecule has 0 unspecified atom stereocenters. The summed E-state index contributed by atoms with van der Waals surface area (Å²) in [6, 6.07) is 5.83. The molecular formula is C24H27Cl2N3O. The SMILES string of the molecule is Cc1cn(CCCC2CCCCC2)c2cc(C(=O)Nc3c(Cl)cncc3Cl)ccc12. The van der Waals surface area contributed by atoms with Crippen LogP contribution in [0, 0.1) is 12.8 Å². The predicted octanol–water partition coefficient (Wildman–Crippen LogP) is 7.26. The number of halogens is 2. The van der Waals surface area contributed by atoms with E-state index >= 15 is 0 Å². The van der Waals surface area contributed by atoms with Crippen molar-refractivity contribution in [3.8, 4) is 0 Å². The molecule has 1 aliphatic carbocycles. The summed E-state index contributed by atoms with van der Waals surface area (Å²) in [7, 11) is 0. The Morgan fingerprint density at radius 3 is 2.63 bits per heavy atom. The summed E-state index contributed by atoms with van der Waals surface area (Å²) in [6.45, 7) is 3.10. The molecule has 30 heavy (non-hydrogen) atoms. The number of carbonyl (C=O) groups excluding carboxylic acids is 1. The summed E-state index contributed by atoms with van der Waals surface area (Å²) in [5.41, 5.74) is 3.29. The highest BCUT2D eigenvalue weighted by molar-refractivity contribution is 6.39. The third-order valence-electron chi connectivity index (χ3n) is 6.17. The molecule has 0 atom stereocenters. The molecule has 2 heterocycles. The number of pyridine rings is 1. The van der Waals surface area contributed by atoms with Crippen molar-refractivity contribution in [1.29, 1.82) is 0 Å². The van der Waals surface area contributed by atoms with Gasteiger partial charge in [-0.1, -0.05) is 61.4 Å². The predicted molar refractivity (Wildman–Crippen MR) is 125 cm³/mol. The van der Waals surface area contributed by atoms with E-state index in [0.717, 1.165) is 18.0 Å². The highest BCUT2D eigenvalue weighted by atomic mass is 35.5. The smallest absolute Gasteiger partial charge is 0.255 e. The van der Waals surface area contributed by atoms with Crippen LogP contribution in [0.3, 0.4) is 0 Å². The number of aryl methyl sites for hydroxylation is 2. The lowest BCUT2D eigenvalue weighted by molar-refractivity contribution is 0.102. The van der Waals surface area contributed by atoms with E-state index < -0.39 is 0 Å². The summed E-state index contributed by atoms with van der Waals surface area (Å²) in [4.78, 5) is 16.8. The number of benzene rings is 1. The summed E-state index contributed by atoms with van der Waals surface area (Å²) in [5.74, 6) is 0.650. The third kappa shape index (κ3) is 4.65. The number of amides is 1. The van der Waals surface area contributed by atoms with Crippen LogP contribution >= 0.6 is 23.2 Å². The van der Waals surface area contributed by atoms with Crippen LogP contribution in [0.25, 0.3) is 10.9 Å². The molecular weight excluding hydrogens is 417 g/mol. The van der Waals surface area contributed by atoms with Crippen LogP contribution in [-0.2, 0) is 6.54 Å². The number of carbonyl (C=O) groups is 1. The Morgan fingerprint density at radius 2 is 1.90 bits per heavy atom. The van der Waals surface area contributed by atoms with Gasteiger partial charge in [-0.2, -0.15) is 0 Å². The average molecular weight is 444 g/mol. The zero-order chi connectivity index (χ0) is 21.1. The molecule has 0 bridgehead atoms. The van der Waals surface area contributed by atoms with Crippen LogP contribution in [0.15, 0.2) is 36.8 Å². The monoisotopic (exact) mass is 443 g/mol. The zero-order valence-corrected chi connectivity index (χ0v) is 18.8. The number of rotatable bonds is 6. The highest BCUT2D eigenvalue weighted by Gasteiger charge is 2.16. The van der Waals surface area contributed by atoms with Gasteiger partial charge in [-0.15, -0.1) is 0 Å². The maximum absolute atomic E-state index is 12.8. The van der Waals surface area contributed by atoms with Crippen molar-refractivity contribution in [2.45, 2.75) is 58.4 Å². The normalized spacial score (nSPS) is 14.9. The number of anilines is 1. The first-order chi connectivity index (χ1) is 14.5. The van der Waals surface area contributed by atoms with E-state index in [1.807, 2.05) is 18.2 Å². The van der Waals surface area contributed by atoms with E-state index in [1.165, 1.54) is 68.3 Å². The van der Waals surface area contributed by atoms with Gasteiger partial charge < -0.3 is 9.88 Å². The van der Waals surface area contributed by atoms with Crippen LogP contribution in [-0.4, -0.2) is 15.5 Å². The van der Waals surface area contributed by atoms with Crippen LogP contribution < -0.4 is 5.32 Å². The minimum absolute atomic E-state index is 0.237. The van der Waals surface area contributed by atoms with E-state index in [1.54, 1.807) is 0 Å². The van der Waals surface area contributed by atoms with Crippen molar-refractivity contribution >= 4 is 45.7 Å². The molecule has 3 aromatic rings. The summed E-state index contributed by atoms with van der Waals surface area (Å²) in [6.07, 6.45) is 14.5. The highest BCUT2D eigenvalue weighted by Crippen LogP contribution is 2.30. The van der Waals surface area contributed by atoms with Crippen molar-refractivity contribution in [1.82, 2.24) is 9.55 Å². The Bertz CT molecular complexity index is 1030. The number of hydrogen-bond acceptors (Lipinski definition) is 2. The first kappa shape index (κ1) is 21.2. The van der Waals surface area contributed by atoms with Crippen LogP contribution in [0.1, 0.15) is 60.9 Å². The zero-order valence-electron chi connectivity index (χ0n) is 17.3. The second-order valence-corrected chi connectivity index (χ2v) is 9.13. The maximum Gasteiger partial charge on any atom is 0.255 e. The van der Waals surface area contributed by atoms with Crippen molar-refractivity contribution in [2.75, 3.05) is 5.32 Å². The molecule has 0 radical (unpaired) electrons. The number of nitrogens with one attached hydrogen (secondary N) is 1. The number of aromatic nitrogens is 2. The minimum Gasteiger partial charge on any atom is -0.347 e. The van der Waals surface area contributed by atoms with Gasteiger partial charge in [0.1, 0.15) is 0 Å². The largest absolute Gasteiger partial charge is 0.347 e. The quantitative estimate of drug-likeness (QED) is 0.435. The Labute approximate surface area is 187 Å². The third-order valence-corrected chi connectivity index (χ3v) is 6.74. The lowest BCUT2D eigenvalue weighted by Crippen LogP contribution is -2.13. The first-order valence-corrected chi connectivity index (χ1v) is 11.5. The molecule has 1 N–H and O–H groups in total. The fraction of sp³-hybridized carbons (Fsp3) is 0.417. The van der Waals surface area contributed by atoms with Crippen LogP contribution in [0.4, 0.5) is 5.69 Å². The van der Waals surface area contributed by atoms with E-state index in [9.17, 15) is 4.79 Å². The molecule has 1 aliphatic rings. The summed E-state index contributed by atoms with van der Waals surface area (Å²) >= 11 is 12.3. The summed E-state index contributed by atoms with van der Waals surface area (Å²) in [5, 5.41) is 4.64. The van der Waals surface area contributed by atoms with Gasteiger partial charge in [0.2, 0.25) is 0 Å². The number of hydrogen-bond donors (Lipinski definition) is 1. The lowest BCUT2D eigenvalue weighted by atomic mass is 9.86. The van der Waals surface area contributed by atoms with Gasteiger partial charge in [0.15, 0.2) is 0 Å². The minimum atomic E-state index is -0.237. The first-order valence-electron chi connectivity index (χ1n) is 10.7. The second kappa shape index (κ2) is 9.40. The molecule has 1 aromatic carbocycles. The standard InChI is InChI=1S/C24H27Cl2N3O/c1-16-15-29(11-5-8-17-6-3-2-4-7-17)22-12-18(9-10-19(16)22)24(30)28-23-20(25)13-27-14-21(23)26/h9-10,12-15,17H,2-8,11H2,1H3,(H,27,28,30). The number of nitrogens with zero attached hydrogens (tertiary/aromatic N) is 2. The van der Waals surface area contributed by atoms with E-state index in [4.69, 9.17) is 23.2 Å². The van der Waals surface area contributed by atoms with Crippen molar-refractivity contribution in [2.24, 2.45) is 5.92 Å². The van der Waals surface area contributed by atoms with Crippen LogP contribution in [0.2, 0.25) is 10.0 Å². The second-order valence-electron chi connectivity index (χ2n) is 8.32. The Balaban J connectivity index is 1.51. The average Bonchev–Trinajstić information content (AvgIpc) is 3.06. The molecule has 1 amide bonds. The van der Waals surface area contributed by atoms with Gasteiger partial charge in [-0.25, -0.2) is 0 Å². The molecule has 0 spiro atoms. The molecule has 4 nitrogen and oxygen atoms in total. The molecule has 1 saturated carbocycles. The number of fused-ring (bicyclic) bond motifs is 1. The van der Waals surface area contributed by atoms with Gasteiger partial charge in [0.05, 0.1) is 15.7 Å². The fourth-order valence-electron chi connectivity index (χ4n) is 4.54. The Hall–Kier alpha value is -2.04. The van der Waals surface area contributed by atoms with Gasteiger partial charge >= 0.3 is 0 Å². The van der Waals surface area contributed by atoms with Gasteiger partial charge in [0.25, 0.3) is 5.91 Å². The van der Waals surface area contributed by atoms with E-state index in [-0.39, 0.29) is 5.91 Å². The maximum atomic E-state index is 12.8. The Kier molecular flexibility index (Phi) is 6.64. The fourth-order valence-corrected chi connectivity index (χ4v) is 5.00. The molecule has 1 fully saturated rings. The molecule has 0 saturated heterocycles. The van der Waals surface area contributed by atoms with Crippen molar-refractivity contribution in [3.05, 3.63) is 58.0 Å². The van der Waals surface area contributed by atoms with Gasteiger partial charge in [-0.3, -0.25) is 9.78 Å². The molecule has 0 aliphatic heterocycles.